The molecule has 1 fully saturated rings. The second kappa shape index (κ2) is 11.6. The van der Waals surface area contributed by atoms with Crippen LogP contribution in [0.15, 0.2) is 42.7 Å². The van der Waals surface area contributed by atoms with E-state index in [9.17, 15) is 31.1 Å². The second-order valence-corrected chi connectivity index (χ2v) is 8.29. The van der Waals surface area contributed by atoms with Crippen LogP contribution in [0.1, 0.15) is 34.3 Å². The molecule has 3 heterocycles. The molecule has 1 aromatic heterocycles. The Morgan fingerprint density at radius 2 is 1.51 bits per heavy atom. The number of amides is 1. The number of carbonyl (C=O) groups excluding carboxylic acids is 1. The van der Waals surface area contributed by atoms with Crippen molar-refractivity contribution < 1.29 is 50.9 Å². The topological polar surface area (TPSA) is 120 Å². The smallest absolute Gasteiger partial charge is 0.475 e. The summed E-state index contributed by atoms with van der Waals surface area (Å²) in [4.78, 5) is 36.8. The van der Waals surface area contributed by atoms with Gasteiger partial charge in [-0.15, -0.1) is 0 Å². The largest absolute Gasteiger partial charge is 0.490 e. The average molecular weight is 535 g/mol. The van der Waals surface area contributed by atoms with Crippen LogP contribution in [0.25, 0.3) is 0 Å². The number of carboxylic acid groups (broad SMARTS) is 2. The Kier molecular flexibility index (Phi) is 9.25. The van der Waals surface area contributed by atoms with Gasteiger partial charge in [-0.1, -0.05) is 17.7 Å². The molecule has 37 heavy (non-hydrogen) atoms. The molecule has 2 aliphatic heterocycles. The number of hydrogen-bond donors (Lipinski definition) is 3. The maximum atomic E-state index is 13.0. The summed E-state index contributed by atoms with van der Waals surface area (Å²) in [6, 6.07) is 10.1. The van der Waals surface area contributed by atoms with Crippen molar-refractivity contribution in [3.8, 4) is 0 Å². The van der Waals surface area contributed by atoms with Crippen LogP contribution in [0, 0.1) is 6.92 Å². The highest BCUT2D eigenvalue weighted by molar-refractivity contribution is 6.07. The lowest BCUT2D eigenvalue weighted by Crippen LogP contribution is -2.44. The van der Waals surface area contributed by atoms with Gasteiger partial charge in [0.05, 0.1) is 5.56 Å². The van der Waals surface area contributed by atoms with Gasteiger partial charge in [-0.25, -0.2) is 9.59 Å². The molecule has 0 aliphatic carbocycles. The fraction of sp³-hybridized carbons (Fsp3) is 0.391. The highest BCUT2D eigenvalue weighted by Gasteiger charge is 2.45. The number of fused-ring (bicyclic) bond motifs is 2. The molecule has 1 aromatic carbocycles. The van der Waals surface area contributed by atoms with Crippen molar-refractivity contribution in [1.29, 1.82) is 0 Å². The number of pyridine rings is 1. The van der Waals surface area contributed by atoms with Gasteiger partial charge in [0.2, 0.25) is 0 Å². The minimum Gasteiger partial charge on any atom is -0.475 e. The van der Waals surface area contributed by atoms with E-state index in [4.69, 9.17) is 19.8 Å². The van der Waals surface area contributed by atoms with Crippen molar-refractivity contribution in [3.63, 3.8) is 0 Å². The number of benzene rings is 1. The zero-order chi connectivity index (χ0) is 28.0. The number of hydrogen-bond acceptors (Lipinski definition) is 5. The van der Waals surface area contributed by atoms with E-state index in [-0.39, 0.29) is 11.3 Å². The molecule has 2 aliphatic rings. The molecule has 0 atom stereocenters. The van der Waals surface area contributed by atoms with Crippen molar-refractivity contribution in [2.75, 3.05) is 24.5 Å². The van der Waals surface area contributed by atoms with E-state index in [1.54, 1.807) is 12.4 Å². The van der Waals surface area contributed by atoms with Gasteiger partial charge >= 0.3 is 24.3 Å². The predicted molar refractivity (Wildman–Crippen MR) is 118 cm³/mol. The van der Waals surface area contributed by atoms with Gasteiger partial charge in [0.25, 0.3) is 5.91 Å². The number of nitrogens with zero attached hydrogens (tertiary/aromatic N) is 2. The third-order valence-electron chi connectivity index (χ3n) is 5.67. The van der Waals surface area contributed by atoms with E-state index in [2.05, 4.69) is 35.4 Å². The third kappa shape index (κ3) is 7.65. The molecular weight excluding hydrogens is 512 g/mol. The van der Waals surface area contributed by atoms with Crippen LogP contribution < -0.4 is 10.2 Å². The zero-order valence-corrected chi connectivity index (χ0v) is 19.4. The molecule has 8 nitrogen and oxygen atoms in total. The van der Waals surface area contributed by atoms with Crippen molar-refractivity contribution in [2.24, 2.45) is 0 Å². The molecule has 3 N–H and O–H groups in total. The van der Waals surface area contributed by atoms with E-state index in [0.717, 1.165) is 38.2 Å². The summed E-state index contributed by atoms with van der Waals surface area (Å²) >= 11 is 0. The van der Waals surface area contributed by atoms with Crippen LogP contribution in [-0.4, -0.2) is 65.0 Å². The monoisotopic (exact) mass is 535 g/mol. The Labute approximate surface area is 206 Å². The third-order valence-corrected chi connectivity index (χ3v) is 5.67. The normalized spacial score (nSPS) is 16.0. The molecule has 14 heteroatoms. The summed E-state index contributed by atoms with van der Waals surface area (Å²) in [6.07, 6.45) is -4.64. The molecule has 202 valence electrons. The fourth-order valence-electron chi connectivity index (χ4n) is 3.94. The molecular formula is C23H23F6N3O5. The van der Waals surface area contributed by atoms with Crippen LogP contribution in [-0.2, 0) is 15.0 Å². The van der Waals surface area contributed by atoms with Crippen molar-refractivity contribution in [2.45, 2.75) is 37.5 Å². The SMILES string of the molecule is Cc1ccc2c(c1)C1(CCNCC1)CN2C(=O)c1cccnc1.O=C(O)C(F)(F)F.O=C(O)C(F)(F)F. The molecule has 0 bridgehead atoms. The minimum absolute atomic E-state index is 0.0543. The number of anilines is 1. The number of aliphatic carboxylic acids is 2. The number of nitrogens with one attached hydrogen (secondary N) is 1. The number of carboxylic acids is 2. The van der Waals surface area contributed by atoms with Crippen LogP contribution in [0.3, 0.4) is 0 Å². The van der Waals surface area contributed by atoms with Gasteiger partial charge in [0, 0.05) is 30.0 Å². The number of carbonyl (C=O) groups is 3. The number of alkyl halides is 6. The first-order valence-electron chi connectivity index (χ1n) is 10.7. The molecule has 0 radical (unpaired) electrons. The summed E-state index contributed by atoms with van der Waals surface area (Å²) in [5, 5.41) is 17.7. The molecule has 4 rings (SSSR count). The van der Waals surface area contributed by atoms with Gasteiger partial charge in [-0.2, -0.15) is 26.3 Å². The highest BCUT2D eigenvalue weighted by atomic mass is 19.4. The van der Waals surface area contributed by atoms with Crippen LogP contribution in [0.5, 0.6) is 0 Å². The summed E-state index contributed by atoms with van der Waals surface area (Å²) in [5.74, 6) is -5.46. The molecule has 2 aromatic rings. The lowest BCUT2D eigenvalue weighted by atomic mass is 9.74. The molecule has 0 unspecified atom stereocenters. The molecule has 1 saturated heterocycles. The van der Waals surface area contributed by atoms with Crippen molar-refractivity contribution in [3.05, 3.63) is 59.4 Å². The maximum absolute atomic E-state index is 13.0. The Balaban J connectivity index is 0.000000286. The highest BCUT2D eigenvalue weighted by Crippen LogP contribution is 2.46. The molecule has 1 spiro atoms. The standard InChI is InChI=1S/C19H21N3O.2C2HF3O2/c1-14-4-5-17-16(11-14)19(6-9-20-10-7-19)13-22(17)18(23)15-3-2-8-21-12-15;2*3-2(4,5)1(6)7/h2-5,8,11-12,20H,6-7,9-10,13H2,1H3;2*(H,6,7). The van der Waals surface area contributed by atoms with E-state index in [1.807, 2.05) is 17.0 Å². The van der Waals surface area contributed by atoms with Crippen LogP contribution >= 0.6 is 0 Å². The number of piperidine rings is 1. The van der Waals surface area contributed by atoms with E-state index in [1.165, 1.54) is 11.1 Å². The van der Waals surface area contributed by atoms with Gasteiger partial charge in [0.1, 0.15) is 0 Å². The van der Waals surface area contributed by atoms with Gasteiger partial charge in [0.15, 0.2) is 0 Å². The molecule has 0 saturated carbocycles. The first kappa shape index (κ1) is 29.5. The Morgan fingerprint density at radius 1 is 0.973 bits per heavy atom. The molecule has 1 amide bonds. The Hall–Kier alpha value is -3.68. The fourth-order valence-corrected chi connectivity index (χ4v) is 3.94. The first-order chi connectivity index (χ1) is 17.1. The quantitative estimate of drug-likeness (QED) is 0.474. The van der Waals surface area contributed by atoms with Gasteiger partial charge < -0.3 is 20.4 Å². The maximum Gasteiger partial charge on any atom is 0.490 e. The van der Waals surface area contributed by atoms with Crippen molar-refractivity contribution in [1.82, 2.24) is 10.3 Å². The lowest BCUT2D eigenvalue weighted by Gasteiger charge is -2.34. The lowest BCUT2D eigenvalue weighted by molar-refractivity contribution is -0.193. The Morgan fingerprint density at radius 3 is 1.97 bits per heavy atom. The minimum atomic E-state index is -5.08. The van der Waals surface area contributed by atoms with Crippen LogP contribution in [0.2, 0.25) is 0 Å². The number of aromatic nitrogens is 1. The summed E-state index contributed by atoms with van der Waals surface area (Å²) < 4.78 is 63.5. The van der Waals surface area contributed by atoms with E-state index in [0.29, 0.717) is 5.56 Å². The average Bonchev–Trinajstić information content (AvgIpc) is 3.12. The first-order valence-corrected chi connectivity index (χ1v) is 10.7. The summed E-state index contributed by atoms with van der Waals surface area (Å²) in [7, 11) is 0. The number of rotatable bonds is 1. The number of aryl methyl sites for hydroxylation is 1. The zero-order valence-electron chi connectivity index (χ0n) is 19.4. The predicted octanol–water partition coefficient (Wildman–Crippen LogP) is 3.94. The van der Waals surface area contributed by atoms with Gasteiger partial charge in [-0.3, -0.25) is 9.78 Å². The summed E-state index contributed by atoms with van der Waals surface area (Å²) in [5.41, 5.74) is 4.44. The Bertz CT molecular complexity index is 1090. The van der Waals surface area contributed by atoms with Crippen molar-refractivity contribution >= 4 is 23.5 Å². The van der Waals surface area contributed by atoms with Gasteiger partial charge in [-0.05, 0) is 56.6 Å². The van der Waals surface area contributed by atoms with E-state index < -0.39 is 24.3 Å². The summed E-state index contributed by atoms with van der Waals surface area (Å²) in [6.45, 7) is 4.94. The van der Waals surface area contributed by atoms with E-state index >= 15 is 0 Å². The number of halogens is 6. The van der Waals surface area contributed by atoms with Crippen LogP contribution in [0.4, 0.5) is 32.0 Å². The second-order valence-electron chi connectivity index (χ2n) is 8.29.